The van der Waals surface area contributed by atoms with Gasteiger partial charge in [0.25, 0.3) is 0 Å². The highest BCUT2D eigenvalue weighted by Gasteiger charge is 2.29. The number of fused-ring (bicyclic) bond motifs is 1. The van der Waals surface area contributed by atoms with Crippen molar-refractivity contribution >= 4 is 5.82 Å². The summed E-state index contributed by atoms with van der Waals surface area (Å²) in [5.74, 6) is 2.41. The number of rotatable bonds is 2. The number of nitriles is 1. The monoisotopic (exact) mass is 321 g/mol. The van der Waals surface area contributed by atoms with Gasteiger partial charge in [0.15, 0.2) is 11.5 Å². The molecule has 0 aliphatic carbocycles. The zero-order valence-corrected chi connectivity index (χ0v) is 13.4. The molecular weight excluding hydrogens is 302 g/mol. The number of benzene rings is 1. The molecule has 0 unspecified atom stereocenters. The number of ether oxygens (including phenoxy) is 2. The number of nitrogens with zero attached hydrogens (tertiary/aromatic N) is 3. The largest absolute Gasteiger partial charge is 0.490 e. The average molecular weight is 321 g/mol. The normalized spacial score (nSPS) is 19.6. The van der Waals surface area contributed by atoms with Gasteiger partial charge in [-0.2, -0.15) is 5.26 Å². The Hall–Kier alpha value is -2.74. The number of hydrogen-bond donors (Lipinski definition) is 0. The molecule has 3 heterocycles. The van der Waals surface area contributed by atoms with Crippen molar-refractivity contribution in [3.63, 3.8) is 0 Å². The van der Waals surface area contributed by atoms with Crippen LogP contribution in [0, 0.1) is 11.3 Å². The minimum Gasteiger partial charge on any atom is -0.490 e. The number of hydrogen-bond acceptors (Lipinski definition) is 5. The van der Waals surface area contributed by atoms with Gasteiger partial charge in [0, 0.05) is 19.2 Å². The van der Waals surface area contributed by atoms with Crippen LogP contribution >= 0.6 is 0 Å². The standard InChI is InChI=1S/C19H19N3O2/c20-13-15-4-1-8-21-19(15)22-9-2-5-16(22)14-6-7-17-18(12-14)24-11-3-10-23-17/h1,4,6-8,12,16H,2-3,5,9-11H2/t16-/m1/s1. The first-order chi connectivity index (χ1) is 11.9. The second kappa shape index (κ2) is 6.40. The fourth-order valence-electron chi connectivity index (χ4n) is 3.47. The summed E-state index contributed by atoms with van der Waals surface area (Å²) in [6.45, 7) is 2.29. The third-order valence-corrected chi connectivity index (χ3v) is 4.59. The van der Waals surface area contributed by atoms with Crippen molar-refractivity contribution in [3.05, 3.63) is 47.7 Å². The predicted molar refractivity (Wildman–Crippen MR) is 90.3 cm³/mol. The Labute approximate surface area is 141 Å². The number of anilines is 1. The zero-order valence-electron chi connectivity index (χ0n) is 13.4. The molecule has 24 heavy (non-hydrogen) atoms. The molecule has 0 spiro atoms. The van der Waals surface area contributed by atoms with Crippen LogP contribution in [-0.2, 0) is 0 Å². The van der Waals surface area contributed by atoms with E-state index in [1.807, 2.05) is 12.1 Å². The minimum atomic E-state index is 0.212. The van der Waals surface area contributed by atoms with E-state index in [-0.39, 0.29) is 6.04 Å². The van der Waals surface area contributed by atoms with Crippen molar-refractivity contribution in [2.24, 2.45) is 0 Å². The first kappa shape index (κ1) is 14.8. The highest BCUT2D eigenvalue weighted by molar-refractivity contribution is 5.56. The zero-order chi connectivity index (χ0) is 16.4. The maximum Gasteiger partial charge on any atom is 0.161 e. The molecule has 1 saturated heterocycles. The molecule has 5 heteroatoms. The Morgan fingerprint density at radius 1 is 1.12 bits per heavy atom. The molecule has 1 aromatic heterocycles. The van der Waals surface area contributed by atoms with Gasteiger partial charge in [-0.1, -0.05) is 6.07 Å². The summed E-state index contributed by atoms with van der Waals surface area (Å²) in [6.07, 6.45) is 4.78. The van der Waals surface area contributed by atoms with Crippen molar-refractivity contribution in [2.75, 3.05) is 24.7 Å². The fraction of sp³-hybridized carbons (Fsp3) is 0.368. The Morgan fingerprint density at radius 3 is 2.88 bits per heavy atom. The molecule has 2 aromatic rings. The van der Waals surface area contributed by atoms with Crippen LogP contribution in [0.4, 0.5) is 5.82 Å². The molecule has 0 N–H and O–H groups in total. The van der Waals surface area contributed by atoms with Crippen LogP contribution in [-0.4, -0.2) is 24.7 Å². The summed E-state index contributed by atoms with van der Waals surface area (Å²) in [5.41, 5.74) is 1.81. The summed E-state index contributed by atoms with van der Waals surface area (Å²) in [5, 5.41) is 9.37. The highest BCUT2D eigenvalue weighted by Crippen LogP contribution is 2.40. The van der Waals surface area contributed by atoms with Gasteiger partial charge < -0.3 is 14.4 Å². The molecule has 2 aliphatic heterocycles. The second-order valence-corrected chi connectivity index (χ2v) is 6.09. The Kier molecular flexibility index (Phi) is 3.96. The second-order valence-electron chi connectivity index (χ2n) is 6.09. The lowest BCUT2D eigenvalue weighted by Crippen LogP contribution is -2.24. The molecule has 4 rings (SSSR count). The van der Waals surface area contributed by atoms with E-state index < -0.39 is 0 Å². The van der Waals surface area contributed by atoms with E-state index in [0.29, 0.717) is 18.8 Å². The van der Waals surface area contributed by atoms with Gasteiger partial charge in [0.2, 0.25) is 0 Å². The van der Waals surface area contributed by atoms with E-state index in [2.05, 4.69) is 28.1 Å². The lowest BCUT2D eigenvalue weighted by molar-refractivity contribution is 0.297. The van der Waals surface area contributed by atoms with Crippen LogP contribution in [0.1, 0.15) is 36.4 Å². The van der Waals surface area contributed by atoms with Gasteiger partial charge in [0.1, 0.15) is 11.9 Å². The molecule has 0 bridgehead atoms. The van der Waals surface area contributed by atoms with E-state index in [9.17, 15) is 5.26 Å². The first-order valence-corrected chi connectivity index (χ1v) is 8.38. The van der Waals surface area contributed by atoms with Crippen molar-refractivity contribution in [2.45, 2.75) is 25.3 Å². The molecule has 0 saturated carbocycles. The van der Waals surface area contributed by atoms with Gasteiger partial charge in [-0.3, -0.25) is 0 Å². The van der Waals surface area contributed by atoms with Crippen LogP contribution in [0.2, 0.25) is 0 Å². The van der Waals surface area contributed by atoms with Crippen LogP contribution < -0.4 is 14.4 Å². The third kappa shape index (κ3) is 2.65. The van der Waals surface area contributed by atoms with Crippen molar-refractivity contribution in [1.29, 1.82) is 5.26 Å². The minimum absolute atomic E-state index is 0.212. The summed E-state index contributed by atoms with van der Waals surface area (Å²) in [4.78, 5) is 6.69. The Balaban J connectivity index is 1.68. The topological polar surface area (TPSA) is 58.4 Å². The lowest BCUT2D eigenvalue weighted by Gasteiger charge is -2.27. The molecular formula is C19H19N3O2. The van der Waals surface area contributed by atoms with Gasteiger partial charge in [-0.05, 0) is 42.7 Å². The summed E-state index contributed by atoms with van der Waals surface area (Å²) in [7, 11) is 0. The Morgan fingerprint density at radius 2 is 2.00 bits per heavy atom. The van der Waals surface area contributed by atoms with E-state index in [1.54, 1.807) is 12.3 Å². The lowest BCUT2D eigenvalue weighted by atomic mass is 10.0. The average Bonchev–Trinajstić information content (AvgIpc) is 3.00. The van der Waals surface area contributed by atoms with E-state index in [0.717, 1.165) is 43.1 Å². The van der Waals surface area contributed by atoms with E-state index in [4.69, 9.17) is 9.47 Å². The molecule has 2 aliphatic rings. The highest BCUT2D eigenvalue weighted by atomic mass is 16.5. The van der Waals surface area contributed by atoms with Gasteiger partial charge in [-0.25, -0.2) is 4.98 Å². The summed E-state index contributed by atoms with van der Waals surface area (Å²) < 4.78 is 11.5. The Bertz CT molecular complexity index is 784. The summed E-state index contributed by atoms with van der Waals surface area (Å²) in [6, 6.07) is 12.3. The van der Waals surface area contributed by atoms with Crippen molar-refractivity contribution in [3.8, 4) is 17.6 Å². The number of pyridine rings is 1. The maximum absolute atomic E-state index is 9.37. The van der Waals surface area contributed by atoms with Gasteiger partial charge >= 0.3 is 0 Å². The first-order valence-electron chi connectivity index (χ1n) is 8.38. The van der Waals surface area contributed by atoms with Crippen LogP contribution in [0.5, 0.6) is 11.5 Å². The van der Waals surface area contributed by atoms with Crippen molar-refractivity contribution in [1.82, 2.24) is 4.98 Å². The quantitative estimate of drug-likeness (QED) is 0.848. The predicted octanol–water partition coefficient (Wildman–Crippen LogP) is 3.46. The molecule has 0 radical (unpaired) electrons. The molecule has 0 amide bonds. The smallest absolute Gasteiger partial charge is 0.161 e. The fourth-order valence-corrected chi connectivity index (χ4v) is 3.47. The van der Waals surface area contributed by atoms with Gasteiger partial charge in [-0.15, -0.1) is 0 Å². The van der Waals surface area contributed by atoms with E-state index >= 15 is 0 Å². The van der Waals surface area contributed by atoms with Crippen LogP contribution in [0.3, 0.4) is 0 Å². The number of aromatic nitrogens is 1. The third-order valence-electron chi connectivity index (χ3n) is 4.59. The van der Waals surface area contributed by atoms with Crippen LogP contribution in [0.15, 0.2) is 36.5 Å². The SMILES string of the molecule is N#Cc1cccnc1N1CCC[C@@H]1c1ccc2c(c1)OCCCO2. The van der Waals surface area contributed by atoms with Gasteiger partial charge in [0.05, 0.1) is 24.8 Å². The molecule has 1 atom stereocenters. The molecule has 1 fully saturated rings. The maximum atomic E-state index is 9.37. The van der Waals surface area contributed by atoms with Crippen LogP contribution in [0.25, 0.3) is 0 Å². The molecule has 122 valence electrons. The molecule has 1 aromatic carbocycles. The summed E-state index contributed by atoms with van der Waals surface area (Å²) >= 11 is 0. The van der Waals surface area contributed by atoms with E-state index in [1.165, 1.54) is 5.56 Å². The van der Waals surface area contributed by atoms with Crippen molar-refractivity contribution < 1.29 is 9.47 Å². The molecule has 5 nitrogen and oxygen atoms in total.